The molecule has 9 amide bonds. The number of allylic oxidation sites excluding steroid dienone is 1. The average molecular weight is 1400 g/mol. The van der Waals surface area contributed by atoms with Gasteiger partial charge < -0.3 is 68.0 Å². The molecule has 530 valence electrons. The number of ketones is 1. The standard InChI is InChI=1S/C71H88F2N12O12S2/c1-40-60(87)31-47(29-48-36-77-54-20-17-50(73)33-53(48)54)64(90)80-57(30-46-14-13-45-15-16-49(72)32-52(45)46)68(94)84-24-7-10-59(84)66(92)83-62(41(2)86)67(93)81-56(28-42-11-18-51(97-4)19-12-42)69(95)85-25-8-22-71(85,3)70(96)82-58(63(75)89)39-99-38-44-27-43(34-76-35-44)37-98-26-21-61(88)79-55(65(91)78-40)9-5-6-23-74/h11-12,14-20,27,32-36,40-41,47,55-59,62,77,86H,5-10,13,21-26,28-31,37-39,74H2,1-4H3,(H2,75,89)(H,78,91)(H,79,88)(H,80,90)(H,81,93)(H,82,96)(H,83,92)/t40-,41-,47-,55+,56+,57+,58+,59+,62+,71+/m1/s1. The van der Waals surface area contributed by atoms with Crippen molar-refractivity contribution in [1.29, 1.82) is 0 Å². The van der Waals surface area contributed by atoms with Crippen LogP contribution in [0.5, 0.6) is 5.75 Å². The highest BCUT2D eigenvalue weighted by Crippen LogP contribution is 2.35. The number of ether oxygens (including phenoxy) is 1. The summed E-state index contributed by atoms with van der Waals surface area (Å²) in [4.78, 5) is 156. The monoisotopic (exact) mass is 1400 g/mol. The van der Waals surface area contributed by atoms with E-state index in [0.29, 0.717) is 88.4 Å². The number of carbonyl (C=O) groups is 10. The summed E-state index contributed by atoms with van der Waals surface area (Å²) < 4.78 is 35.3. The number of unbranched alkanes of at least 4 members (excludes halogenated alkanes) is 1. The Kier molecular flexibility index (Phi) is 25.9. The lowest BCUT2D eigenvalue weighted by Crippen LogP contribution is -2.64. The van der Waals surface area contributed by atoms with Crippen molar-refractivity contribution in [2.45, 2.75) is 170 Å². The number of amides is 9. The predicted molar refractivity (Wildman–Crippen MR) is 371 cm³/mol. The predicted octanol–water partition coefficient (Wildman–Crippen LogP) is 4.11. The van der Waals surface area contributed by atoms with Gasteiger partial charge in [-0.3, -0.25) is 52.9 Å². The van der Waals surface area contributed by atoms with Gasteiger partial charge in [0, 0.05) is 97.2 Å². The maximum atomic E-state index is 15.5. The number of H-pyrrole nitrogens is 1. The van der Waals surface area contributed by atoms with E-state index in [-0.39, 0.29) is 70.2 Å². The van der Waals surface area contributed by atoms with Crippen LogP contribution in [0.2, 0.25) is 0 Å². The molecular formula is C71H88F2N12O12S2. The number of benzene rings is 3. The topological polar surface area (TPSA) is 360 Å². The zero-order valence-electron chi connectivity index (χ0n) is 56.0. The van der Waals surface area contributed by atoms with Gasteiger partial charge >= 0.3 is 0 Å². The number of hydrogen-bond donors (Lipinski definition) is 10. The fourth-order valence-electron chi connectivity index (χ4n) is 13.2. The van der Waals surface area contributed by atoms with E-state index < -0.39 is 137 Å². The van der Waals surface area contributed by atoms with E-state index in [1.807, 2.05) is 6.07 Å². The molecule has 2 saturated heterocycles. The molecular weight excluding hydrogens is 1310 g/mol. The number of pyridine rings is 1. The number of methoxy groups -OCH3 is 1. The maximum Gasteiger partial charge on any atom is 0.246 e. The first-order chi connectivity index (χ1) is 47.4. The quantitative estimate of drug-likeness (QED) is 0.0742. The van der Waals surface area contributed by atoms with Gasteiger partial charge in [0.2, 0.25) is 53.2 Å². The zero-order valence-corrected chi connectivity index (χ0v) is 57.6. The van der Waals surface area contributed by atoms with E-state index in [1.54, 1.807) is 61.9 Å². The number of aliphatic hydroxyl groups is 1. The van der Waals surface area contributed by atoms with E-state index >= 15 is 18.8 Å². The van der Waals surface area contributed by atoms with Crippen LogP contribution in [0.1, 0.15) is 118 Å². The number of aromatic nitrogens is 2. The van der Waals surface area contributed by atoms with Gasteiger partial charge in [0.25, 0.3) is 0 Å². The molecule has 3 aromatic carbocycles. The molecule has 9 rings (SSSR count). The Hall–Kier alpha value is -8.73. The number of halogens is 2. The SMILES string of the molecule is COc1ccc(C[C@@H]2NC(=O)[C@H]([C@@H](C)O)NC(=O)[C@@H]3CCCN3C(=O)[C@H](CC3=CCc4ccc(F)cc43)NC(=O)[C@H](Cc3c[nH]c4ccc(F)cc34)CC(=O)[C@@H](C)NC(=O)[C@H](CCCCN)NC(=O)CCSCc3cncc(c3)CSC[C@@H](C(N)=O)NC(=O)[C@]3(C)CCCN3C2=O)cc1. The van der Waals surface area contributed by atoms with Crippen LogP contribution in [0.4, 0.5) is 8.78 Å². The van der Waals surface area contributed by atoms with Crippen molar-refractivity contribution in [2.24, 2.45) is 17.4 Å². The summed E-state index contributed by atoms with van der Waals surface area (Å²) in [7, 11) is 1.49. The summed E-state index contributed by atoms with van der Waals surface area (Å²) in [6.45, 7) is 4.66. The van der Waals surface area contributed by atoms with Crippen LogP contribution < -0.4 is 48.1 Å². The number of primary amides is 1. The molecule has 0 spiro atoms. The van der Waals surface area contributed by atoms with Gasteiger partial charge in [-0.2, -0.15) is 23.5 Å². The summed E-state index contributed by atoms with van der Waals surface area (Å²) in [5.41, 5.74) is 15.1. The largest absolute Gasteiger partial charge is 0.497 e. The number of rotatable bonds is 13. The summed E-state index contributed by atoms with van der Waals surface area (Å²) >= 11 is 2.78. The molecule has 1 aliphatic carbocycles. The van der Waals surface area contributed by atoms with Crippen molar-refractivity contribution in [1.82, 2.24) is 51.7 Å². The molecule has 5 aromatic rings. The van der Waals surface area contributed by atoms with Crippen molar-refractivity contribution in [2.75, 3.05) is 38.2 Å². The summed E-state index contributed by atoms with van der Waals surface area (Å²) in [6, 6.07) is 7.54. The number of aromatic amines is 1. The lowest BCUT2D eigenvalue weighted by atomic mass is 9.90. The highest BCUT2D eigenvalue weighted by molar-refractivity contribution is 7.98. The van der Waals surface area contributed by atoms with Gasteiger partial charge in [-0.25, -0.2) is 8.78 Å². The number of fused-ring (bicyclic) bond motifs is 6. The molecule has 0 unspecified atom stereocenters. The number of thioether (sulfide) groups is 2. The molecule has 99 heavy (non-hydrogen) atoms. The van der Waals surface area contributed by atoms with E-state index in [1.165, 1.54) is 84.6 Å². The third-order valence-corrected chi connectivity index (χ3v) is 20.9. The highest BCUT2D eigenvalue weighted by atomic mass is 32.2. The molecule has 0 radical (unpaired) electrons. The Bertz CT molecular complexity index is 3840. The van der Waals surface area contributed by atoms with Crippen LogP contribution in [0.15, 0.2) is 91.4 Å². The maximum absolute atomic E-state index is 15.5. The normalized spacial score (nSPS) is 25.2. The van der Waals surface area contributed by atoms with E-state index in [2.05, 4.69) is 41.9 Å². The molecule has 2 fully saturated rings. The Morgan fingerprint density at radius 2 is 1.51 bits per heavy atom. The van der Waals surface area contributed by atoms with Gasteiger partial charge in [0.05, 0.1) is 19.3 Å². The minimum Gasteiger partial charge on any atom is -0.497 e. The second kappa shape index (κ2) is 34.4. The number of nitrogens with zero attached hydrogens (tertiary/aromatic N) is 3. The van der Waals surface area contributed by atoms with Gasteiger partial charge in [0.15, 0.2) is 5.78 Å². The molecule has 3 aliphatic heterocycles. The fourth-order valence-corrected chi connectivity index (χ4v) is 15.0. The first kappa shape index (κ1) is 74.5. The molecule has 5 heterocycles. The zero-order chi connectivity index (χ0) is 71.1. The molecule has 2 bridgehead atoms. The third kappa shape index (κ3) is 19.2. The second-order valence-electron chi connectivity index (χ2n) is 26.1. The van der Waals surface area contributed by atoms with Crippen molar-refractivity contribution in [3.05, 3.63) is 136 Å². The highest BCUT2D eigenvalue weighted by Gasteiger charge is 2.49. The average Bonchev–Trinajstić information content (AvgIpc) is 1.71. The fraction of sp³-hybridized carbons (Fsp3) is 0.479. The van der Waals surface area contributed by atoms with Gasteiger partial charge in [-0.05, 0) is 167 Å². The number of aliphatic hydroxyl groups excluding tert-OH is 1. The Morgan fingerprint density at radius 3 is 2.23 bits per heavy atom. The van der Waals surface area contributed by atoms with Crippen molar-refractivity contribution in [3.8, 4) is 5.75 Å². The Balaban J connectivity index is 1.04. The molecule has 4 aliphatic rings. The number of nitrogens with two attached hydrogens (primary N) is 2. The Labute approximate surface area is 581 Å². The van der Waals surface area contributed by atoms with E-state index in [4.69, 9.17) is 16.2 Å². The minimum absolute atomic E-state index is 0.0164. The van der Waals surface area contributed by atoms with Crippen LogP contribution in [-0.2, 0) is 78.7 Å². The van der Waals surface area contributed by atoms with Gasteiger partial charge in [-0.15, -0.1) is 0 Å². The number of nitrogens with one attached hydrogen (secondary N) is 7. The van der Waals surface area contributed by atoms with Crippen LogP contribution in [0.25, 0.3) is 16.5 Å². The molecule has 24 nitrogen and oxygen atoms in total. The second-order valence-corrected chi connectivity index (χ2v) is 28.2. The van der Waals surface area contributed by atoms with Gasteiger partial charge in [0.1, 0.15) is 59.2 Å². The van der Waals surface area contributed by atoms with Crippen LogP contribution in [0, 0.1) is 17.6 Å². The molecule has 10 atom stereocenters. The van der Waals surface area contributed by atoms with Crippen LogP contribution in [0.3, 0.4) is 0 Å². The number of hydrogen-bond acceptors (Lipinski definition) is 16. The van der Waals surface area contributed by atoms with Crippen molar-refractivity contribution >= 4 is 98.9 Å². The van der Waals surface area contributed by atoms with Crippen LogP contribution >= 0.6 is 23.5 Å². The molecule has 2 aromatic heterocycles. The number of carbonyl (C=O) groups excluding carboxylic acids is 10. The lowest BCUT2D eigenvalue weighted by molar-refractivity contribution is -0.147. The lowest BCUT2D eigenvalue weighted by Gasteiger charge is -2.37. The summed E-state index contributed by atoms with van der Waals surface area (Å²) in [6.07, 6.45) is 6.56. The van der Waals surface area contributed by atoms with E-state index in [9.17, 15) is 43.1 Å². The smallest absolute Gasteiger partial charge is 0.246 e. The van der Waals surface area contributed by atoms with Gasteiger partial charge in [-0.1, -0.05) is 30.3 Å². The Morgan fingerprint density at radius 1 is 0.788 bits per heavy atom. The summed E-state index contributed by atoms with van der Waals surface area (Å²) in [5.74, 6) is -7.88. The molecule has 0 saturated carbocycles. The number of Topliss-reactive ketones (excluding diaryl/α,β-unsaturated/α-hetero) is 1. The minimum atomic E-state index is -1.74. The van der Waals surface area contributed by atoms with Crippen molar-refractivity contribution in [3.63, 3.8) is 0 Å². The van der Waals surface area contributed by atoms with Crippen LogP contribution in [-0.4, -0.2) is 176 Å². The van der Waals surface area contributed by atoms with Crippen molar-refractivity contribution < 1.29 is 66.6 Å². The third-order valence-electron chi connectivity index (χ3n) is 18.8. The van der Waals surface area contributed by atoms with E-state index in [0.717, 1.165) is 16.7 Å². The molecule has 12 N–H and O–H groups in total. The summed E-state index contributed by atoms with van der Waals surface area (Å²) in [5, 5.41) is 28.4. The first-order valence-electron chi connectivity index (χ1n) is 33.5. The molecule has 28 heteroatoms. The first-order valence-corrected chi connectivity index (χ1v) is 35.8.